The Morgan fingerprint density at radius 1 is 1.63 bits per heavy atom. The van der Waals surface area contributed by atoms with E-state index in [-0.39, 0.29) is 25.1 Å². The monoisotopic (exact) mass is 328 g/mol. The van der Waals surface area contributed by atoms with Gasteiger partial charge in [0.1, 0.15) is 10.6 Å². The van der Waals surface area contributed by atoms with Crippen molar-refractivity contribution in [1.29, 1.82) is 0 Å². The molecule has 0 saturated heterocycles. The van der Waals surface area contributed by atoms with Crippen molar-refractivity contribution in [2.24, 2.45) is 5.73 Å². The highest BCUT2D eigenvalue weighted by molar-refractivity contribution is 7.17. The smallest absolute Gasteiger partial charge is 0.342 e. The van der Waals surface area contributed by atoms with Crippen LogP contribution in [0.25, 0.3) is 0 Å². The number of ether oxygens (including phenoxy) is 1. The molecule has 1 aromatic heterocycles. The van der Waals surface area contributed by atoms with E-state index in [9.17, 15) is 4.79 Å². The van der Waals surface area contributed by atoms with Crippen molar-refractivity contribution in [2.75, 3.05) is 25.6 Å². The van der Waals surface area contributed by atoms with Gasteiger partial charge in [-0.05, 0) is 6.92 Å². The zero-order valence-electron chi connectivity index (χ0n) is 10.7. The number of aliphatic hydroxyl groups is 1. The Hall–Kier alpha value is -0.530. The molecule has 1 rings (SSSR count). The van der Waals surface area contributed by atoms with Crippen molar-refractivity contribution in [3.8, 4) is 0 Å². The summed E-state index contributed by atoms with van der Waals surface area (Å²) in [5.41, 5.74) is 6.01. The number of thiophene rings is 1. The van der Waals surface area contributed by atoms with Gasteiger partial charge < -0.3 is 20.9 Å². The van der Waals surface area contributed by atoms with Gasteiger partial charge in [0.15, 0.2) is 0 Å². The number of anilines is 1. The normalized spacial score (nSPS) is 11.6. The molecule has 1 unspecified atom stereocenters. The Morgan fingerprint density at radius 2 is 2.26 bits per heavy atom. The lowest BCUT2D eigenvalue weighted by Gasteiger charge is -2.06. The van der Waals surface area contributed by atoms with Gasteiger partial charge in [0.25, 0.3) is 0 Å². The Bertz CT molecular complexity index is 426. The highest BCUT2D eigenvalue weighted by Crippen LogP contribution is 2.38. The summed E-state index contributed by atoms with van der Waals surface area (Å²) >= 11 is 7.52. The summed E-state index contributed by atoms with van der Waals surface area (Å²) in [4.78, 5) is 12.6. The molecule has 0 amide bonds. The summed E-state index contributed by atoms with van der Waals surface area (Å²) < 4.78 is 4.96. The van der Waals surface area contributed by atoms with Crippen LogP contribution >= 0.6 is 35.3 Å². The Labute approximate surface area is 127 Å². The molecule has 4 N–H and O–H groups in total. The van der Waals surface area contributed by atoms with E-state index in [0.717, 1.165) is 4.88 Å². The number of rotatable bonds is 6. The van der Waals surface area contributed by atoms with Crippen LogP contribution in [-0.2, 0) is 11.2 Å². The summed E-state index contributed by atoms with van der Waals surface area (Å²) in [7, 11) is 1.71. The topological polar surface area (TPSA) is 84.6 Å². The summed E-state index contributed by atoms with van der Waals surface area (Å²) in [6.45, 7) is 1.90. The Kier molecular flexibility index (Phi) is 8.36. The summed E-state index contributed by atoms with van der Waals surface area (Å²) in [6, 6.07) is -0.388. The molecule has 8 heteroatoms. The third-order valence-electron chi connectivity index (χ3n) is 2.31. The van der Waals surface area contributed by atoms with E-state index in [2.05, 4.69) is 5.32 Å². The predicted octanol–water partition coefficient (Wildman–Crippen LogP) is 1.90. The first-order valence-corrected chi connectivity index (χ1v) is 6.77. The first-order chi connectivity index (χ1) is 8.54. The second-order valence-corrected chi connectivity index (χ2v) is 5.14. The standard InChI is InChI=1S/C11H17ClN2O3S.ClH/c1-3-17-11(16)8-9(12)7(4-6(13)5-15)18-10(8)14-2;/h6,14-15H,3-5,13H2,1-2H3;1H. The largest absolute Gasteiger partial charge is 0.462 e. The lowest BCUT2D eigenvalue weighted by atomic mass is 10.2. The number of aliphatic hydroxyl groups excluding tert-OH is 1. The van der Waals surface area contributed by atoms with Gasteiger partial charge >= 0.3 is 5.97 Å². The van der Waals surface area contributed by atoms with E-state index in [1.54, 1.807) is 14.0 Å². The molecule has 1 heterocycles. The maximum absolute atomic E-state index is 11.8. The number of hydrogen-bond donors (Lipinski definition) is 3. The molecule has 0 aromatic carbocycles. The van der Waals surface area contributed by atoms with E-state index in [0.29, 0.717) is 28.6 Å². The van der Waals surface area contributed by atoms with Crippen molar-refractivity contribution in [3.63, 3.8) is 0 Å². The van der Waals surface area contributed by atoms with Crippen molar-refractivity contribution in [3.05, 3.63) is 15.5 Å². The fourth-order valence-electron chi connectivity index (χ4n) is 1.45. The average Bonchev–Trinajstić information content (AvgIpc) is 2.66. The minimum Gasteiger partial charge on any atom is -0.462 e. The van der Waals surface area contributed by atoms with E-state index >= 15 is 0 Å². The van der Waals surface area contributed by atoms with Gasteiger partial charge in [-0.1, -0.05) is 11.6 Å². The first kappa shape index (κ1) is 18.5. The molecule has 0 radical (unpaired) electrons. The van der Waals surface area contributed by atoms with Gasteiger partial charge in [-0.25, -0.2) is 4.79 Å². The van der Waals surface area contributed by atoms with Gasteiger partial charge in [0, 0.05) is 24.4 Å². The lowest BCUT2D eigenvalue weighted by molar-refractivity contribution is 0.0528. The van der Waals surface area contributed by atoms with Crippen LogP contribution in [0.4, 0.5) is 5.00 Å². The molecule has 0 saturated carbocycles. The second-order valence-electron chi connectivity index (χ2n) is 3.66. The maximum Gasteiger partial charge on any atom is 0.342 e. The molecule has 1 atom stereocenters. The molecule has 1 aromatic rings. The van der Waals surface area contributed by atoms with Crippen molar-refractivity contribution in [1.82, 2.24) is 0 Å². The zero-order chi connectivity index (χ0) is 13.7. The minimum atomic E-state index is -0.452. The van der Waals surface area contributed by atoms with Crippen LogP contribution in [-0.4, -0.2) is 37.4 Å². The van der Waals surface area contributed by atoms with Gasteiger partial charge in [-0.15, -0.1) is 23.7 Å². The van der Waals surface area contributed by atoms with Crippen LogP contribution in [0.3, 0.4) is 0 Å². The summed E-state index contributed by atoms with van der Waals surface area (Å²) in [5, 5.41) is 12.9. The van der Waals surface area contributed by atoms with E-state index in [1.807, 2.05) is 0 Å². The van der Waals surface area contributed by atoms with E-state index in [4.69, 9.17) is 27.2 Å². The third-order valence-corrected chi connectivity index (χ3v) is 4.06. The Balaban J connectivity index is 0.00000324. The van der Waals surface area contributed by atoms with Crippen LogP contribution in [0.5, 0.6) is 0 Å². The first-order valence-electron chi connectivity index (χ1n) is 5.57. The minimum absolute atomic E-state index is 0. The van der Waals surface area contributed by atoms with Crippen molar-refractivity contribution >= 4 is 46.3 Å². The molecule has 5 nitrogen and oxygen atoms in total. The van der Waals surface area contributed by atoms with Crippen LogP contribution in [0, 0.1) is 0 Å². The molecule has 0 aliphatic carbocycles. The molecular formula is C11H18Cl2N2O3S. The van der Waals surface area contributed by atoms with Crippen LogP contribution in [0.1, 0.15) is 22.2 Å². The fraction of sp³-hybridized carbons (Fsp3) is 0.545. The van der Waals surface area contributed by atoms with Crippen LogP contribution in [0.2, 0.25) is 5.02 Å². The molecule has 0 spiro atoms. The van der Waals surface area contributed by atoms with Crippen LogP contribution < -0.4 is 11.1 Å². The van der Waals surface area contributed by atoms with Gasteiger partial charge in [-0.2, -0.15) is 0 Å². The molecule has 0 bridgehead atoms. The number of halogens is 2. The molecule has 110 valence electrons. The van der Waals surface area contributed by atoms with Crippen LogP contribution in [0.15, 0.2) is 0 Å². The maximum atomic E-state index is 11.8. The highest BCUT2D eigenvalue weighted by Gasteiger charge is 2.23. The molecule has 0 aliphatic heterocycles. The summed E-state index contributed by atoms with van der Waals surface area (Å²) in [6.07, 6.45) is 0.425. The predicted molar refractivity (Wildman–Crippen MR) is 80.8 cm³/mol. The number of carbonyl (C=O) groups is 1. The van der Waals surface area contributed by atoms with E-state index < -0.39 is 5.97 Å². The average molecular weight is 329 g/mol. The number of carbonyl (C=O) groups excluding carboxylic acids is 1. The molecule has 0 fully saturated rings. The number of nitrogens with one attached hydrogen (secondary N) is 1. The SMILES string of the molecule is CCOC(=O)c1c(NC)sc(CC(N)CO)c1Cl.Cl. The van der Waals surface area contributed by atoms with Crippen molar-refractivity contribution < 1.29 is 14.6 Å². The van der Waals surface area contributed by atoms with Crippen molar-refractivity contribution in [2.45, 2.75) is 19.4 Å². The zero-order valence-corrected chi connectivity index (χ0v) is 13.1. The Morgan fingerprint density at radius 3 is 2.74 bits per heavy atom. The molecule has 0 aliphatic rings. The lowest BCUT2D eigenvalue weighted by Crippen LogP contribution is -2.26. The third kappa shape index (κ3) is 4.50. The van der Waals surface area contributed by atoms with Gasteiger partial charge in [0.05, 0.1) is 18.2 Å². The molecule has 19 heavy (non-hydrogen) atoms. The number of esters is 1. The highest BCUT2D eigenvalue weighted by atomic mass is 35.5. The second kappa shape index (κ2) is 8.60. The van der Waals surface area contributed by atoms with Gasteiger partial charge in [0.2, 0.25) is 0 Å². The van der Waals surface area contributed by atoms with Gasteiger partial charge in [-0.3, -0.25) is 0 Å². The fourth-order valence-corrected chi connectivity index (χ4v) is 3.00. The molecular weight excluding hydrogens is 311 g/mol. The number of nitrogens with two attached hydrogens (primary N) is 1. The summed E-state index contributed by atoms with van der Waals surface area (Å²) in [5.74, 6) is -0.452. The number of hydrogen-bond acceptors (Lipinski definition) is 6. The quantitative estimate of drug-likeness (QED) is 0.694. The van der Waals surface area contributed by atoms with E-state index in [1.165, 1.54) is 11.3 Å².